The van der Waals surface area contributed by atoms with Gasteiger partial charge < -0.3 is 4.57 Å². The van der Waals surface area contributed by atoms with Crippen LogP contribution in [0.4, 0.5) is 0 Å². The Morgan fingerprint density at radius 3 is 2.36 bits per heavy atom. The van der Waals surface area contributed by atoms with Gasteiger partial charge in [0.05, 0.1) is 11.0 Å². The Labute approximate surface area is 134 Å². The summed E-state index contributed by atoms with van der Waals surface area (Å²) in [6.07, 6.45) is 0. The molecule has 0 radical (unpaired) electrons. The van der Waals surface area contributed by atoms with Gasteiger partial charge in [0, 0.05) is 21.5 Å². The van der Waals surface area contributed by atoms with Gasteiger partial charge in [0.25, 0.3) is 0 Å². The third-order valence-electron chi connectivity index (χ3n) is 4.18. The second-order valence-corrected chi connectivity index (χ2v) is 6.24. The lowest BCUT2D eigenvalue weighted by Crippen LogP contribution is -1.93. The van der Waals surface area contributed by atoms with Gasteiger partial charge in [-0.05, 0) is 61.4 Å². The van der Waals surface area contributed by atoms with Crippen molar-refractivity contribution in [1.82, 2.24) is 4.57 Å². The van der Waals surface area contributed by atoms with Crippen LogP contribution in [0.1, 0.15) is 11.1 Å². The molecule has 108 valence electrons. The molecule has 1 heterocycles. The first-order valence-electron chi connectivity index (χ1n) is 7.41. The summed E-state index contributed by atoms with van der Waals surface area (Å²) in [5, 5.41) is 3.27. The Kier molecular flexibility index (Phi) is 2.98. The molecule has 4 rings (SSSR count). The first-order valence-corrected chi connectivity index (χ1v) is 7.79. The number of nitrogens with zero attached hydrogens (tertiary/aromatic N) is 1. The Morgan fingerprint density at radius 2 is 1.59 bits per heavy atom. The topological polar surface area (TPSA) is 4.93 Å². The number of benzene rings is 3. The van der Waals surface area contributed by atoms with E-state index < -0.39 is 0 Å². The molecule has 3 aromatic carbocycles. The monoisotopic (exact) mass is 305 g/mol. The molecule has 1 aromatic heterocycles. The predicted molar refractivity (Wildman–Crippen MR) is 95.3 cm³/mol. The molecular weight excluding hydrogens is 290 g/mol. The maximum Gasteiger partial charge on any atom is 0.0546 e. The standard InChI is InChI=1S/C20H16ClN/c1-13-10-14(2)20-17-12-15(21)8-9-18(17)22(19(20)11-13)16-6-4-3-5-7-16/h3-12H,1-2H3. The van der Waals surface area contributed by atoms with Crippen LogP contribution in [0.15, 0.2) is 60.7 Å². The number of para-hydroxylation sites is 1. The molecule has 4 aromatic rings. The van der Waals surface area contributed by atoms with E-state index in [-0.39, 0.29) is 0 Å². The molecule has 0 saturated carbocycles. The van der Waals surface area contributed by atoms with Crippen molar-refractivity contribution in [2.75, 3.05) is 0 Å². The summed E-state index contributed by atoms with van der Waals surface area (Å²) in [6.45, 7) is 4.32. The van der Waals surface area contributed by atoms with Gasteiger partial charge in [0.15, 0.2) is 0 Å². The summed E-state index contributed by atoms with van der Waals surface area (Å²) in [5.74, 6) is 0. The zero-order valence-electron chi connectivity index (χ0n) is 12.6. The predicted octanol–water partition coefficient (Wildman–Crippen LogP) is 6.05. The molecule has 0 spiro atoms. The first-order chi connectivity index (χ1) is 10.6. The molecule has 0 aliphatic carbocycles. The smallest absolute Gasteiger partial charge is 0.0546 e. The Hall–Kier alpha value is -2.25. The fourth-order valence-corrected chi connectivity index (χ4v) is 3.53. The van der Waals surface area contributed by atoms with E-state index >= 15 is 0 Å². The van der Waals surface area contributed by atoms with Crippen LogP contribution in [-0.2, 0) is 0 Å². The molecule has 0 atom stereocenters. The number of aromatic nitrogens is 1. The maximum atomic E-state index is 6.25. The third kappa shape index (κ3) is 1.93. The highest BCUT2D eigenvalue weighted by atomic mass is 35.5. The van der Waals surface area contributed by atoms with Crippen LogP contribution in [0.25, 0.3) is 27.5 Å². The van der Waals surface area contributed by atoms with Crippen LogP contribution in [0.5, 0.6) is 0 Å². The zero-order chi connectivity index (χ0) is 15.3. The number of hydrogen-bond acceptors (Lipinski definition) is 0. The Balaban J connectivity index is 2.27. The van der Waals surface area contributed by atoms with Crippen molar-refractivity contribution in [3.05, 3.63) is 76.8 Å². The lowest BCUT2D eigenvalue weighted by molar-refractivity contribution is 1.18. The van der Waals surface area contributed by atoms with Gasteiger partial charge in [-0.2, -0.15) is 0 Å². The molecule has 2 heteroatoms. The summed E-state index contributed by atoms with van der Waals surface area (Å²) < 4.78 is 2.32. The van der Waals surface area contributed by atoms with Crippen LogP contribution in [0.3, 0.4) is 0 Å². The Bertz CT molecular complexity index is 997. The molecule has 0 fully saturated rings. The van der Waals surface area contributed by atoms with Crippen LogP contribution < -0.4 is 0 Å². The second-order valence-electron chi connectivity index (χ2n) is 5.81. The van der Waals surface area contributed by atoms with Crippen LogP contribution in [-0.4, -0.2) is 4.57 Å². The minimum Gasteiger partial charge on any atom is -0.309 e. The average molecular weight is 306 g/mol. The van der Waals surface area contributed by atoms with Crippen LogP contribution in [0, 0.1) is 13.8 Å². The zero-order valence-corrected chi connectivity index (χ0v) is 13.4. The van der Waals surface area contributed by atoms with Crippen molar-refractivity contribution < 1.29 is 0 Å². The van der Waals surface area contributed by atoms with Crippen LogP contribution >= 0.6 is 11.6 Å². The quantitative estimate of drug-likeness (QED) is 0.403. The molecule has 22 heavy (non-hydrogen) atoms. The molecule has 0 bridgehead atoms. The third-order valence-corrected chi connectivity index (χ3v) is 4.42. The highest BCUT2D eigenvalue weighted by Gasteiger charge is 2.14. The molecule has 0 unspecified atom stereocenters. The fourth-order valence-electron chi connectivity index (χ4n) is 3.36. The number of aryl methyl sites for hydroxylation is 2. The lowest BCUT2D eigenvalue weighted by atomic mass is 10.0. The van der Waals surface area contributed by atoms with Gasteiger partial charge >= 0.3 is 0 Å². The number of halogens is 1. The van der Waals surface area contributed by atoms with Gasteiger partial charge in [0.2, 0.25) is 0 Å². The molecule has 1 nitrogen and oxygen atoms in total. The summed E-state index contributed by atoms with van der Waals surface area (Å²) in [7, 11) is 0. The first kappa shape index (κ1) is 13.4. The average Bonchev–Trinajstić information content (AvgIpc) is 2.81. The minimum absolute atomic E-state index is 0.777. The number of hydrogen-bond donors (Lipinski definition) is 0. The number of fused-ring (bicyclic) bond motifs is 3. The molecule has 0 aliphatic rings. The van der Waals surface area contributed by atoms with E-state index in [1.165, 1.54) is 38.6 Å². The van der Waals surface area contributed by atoms with E-state index in [0.29, 0.717) is 0 Å². The van der Waals surface area contributed by atoms with E-state index in [9.17, 15) is 0 Å². The Morgan fingerprint density at radius 1 is 0.818 bits per heavy atom. The van der Waals surface area contributed by atoms with Crippen LogP contribution in [0.2, 0.25) is 5.02 Å². The summed E-state index contributed by atoms with van der Waals surface area (Å²) >= 11 is 6.25. The van der Waals surface area contributed by atoms with E-state index in [1.807, 2.05) is 12.1 Å². The SMILES string of the molecule is Cc1cc(C)c2c3cc(Cl)ccc3n(-c3ccccc3)c2c1. The molecule has 0 saturated heterocycles. The fraction of sp³-hybridized carbons (Fsp3) is 0.100. The van der Waals surface area contributed by atoms with E-state index in [1.54, 1.807) is 0 Å². The van der Waals surface area contributed by atoms with Gasteiger partial charge in [-0.15, -0.1) is 0 Å². The summed E-state index contributed by atoms with van der Waals surface area (Å²) in [6, 6.07) is 21.1. The summed E-state index contributed by atoms with van der Waals surface area (Å²) in [5.41, 5.74) is 6.17. The molecule has 0 aliphatic heterocycles. The highest BCUT2D eigenvalue weighted by Crippen LogP contribution is 2.35. The van der Waals surface area contributed by atoms with E-state index in [0.717, 1.165) is 5.02 Å². The van der Waals surface area contributed by atoms with Gasteiger partial charge in [-0.25, -0.2) is 0 Å². The van der Waals surface area contributed by atoms with Crippen molar-refractivity contribution >= 4 is 33.4 Å². The van der Waals surface area contributed by atoms with E-state index in [2.05, 4.69) is 66.9 Å². The van der Waals surface area contributed by atoms with Crippen molar-refractivity contribution in [3.8, 4) is 5.69 Å². The largest absolute Gasteiger partial charge is 0.309 e. The molecular formula is C20H16ClN. The van der Waals surface area contributed by atoms with Gasteiger partial charge in [0.1, 0.15) is 0 Å². The second kappa shape index (κ2) is 4.89. The van der Waals surface area contributed by atoms with Crippen molar-refractivity contribution in [2.45, 2.75) is 13.8 Å². The molecule has 0 N–H and O–H groups in total. The number of rotatable bonds is 1. The van der Waals surface area contributed by atoms with E-state index in [4.69, 9.17) is 11.6 Å². The minimum atomic E-state index is 0.777. The van der Waals surface area contributed by atoms with Gasteiger partial charge in [-0.3, -0.25) is 0 Å². The van der Waals surface area contributed by atoms with Gasteiger partial charge in [-0.1, -0.05) is 35.9 Å². The molecule has 0 amide bonds. The lowest BCUT2D eigenvalue weighted by Gasteiger charge is -2.08. The van der Waals surface area contributed by atoms with Crippen molar-refractivity contribution in [2.24, 2.45) is 0 Å². The summed E-state index contributed by atoms with van der Waals surface area (Å²) in [4.78, 5) is 0. The normalized spacial score (nSPS) is 11.4. The maximum absolute atomic E-state index is 6.25. The van der Waals surface area contributed by atoms with Crippen molar-refractivity contribution in [3.63, 3.8) is 0 Å². The highest BCUT2D eigenvalue weighted by molar-refractivity contribution is 6.32. The van der Waals surface area contributed by atoms with Crippen molar-refractivity contribution in [1.29, 1.82) is 0 Å².